The van der Waals surface area contributed by atoms with E-state index in [-0.39, 0.29) is 5.69 Å². The Morgan fingerprint density at radius 3 is 2.21 bits per heavy atom. The summed E-state index contributed by atoms with van der Waals surface area (Å²) in [5.74, 6) is 0.331. The lowest BCUT2D eigenvalue weighted by Gasteiger charge is -2.36. The molecule has 1 saturated heterocycles. The number of nitro groups is 1. The topological polar surface area (TPSA) is 87.4 Å². The summed E-state index contributed by atoms with van der Waals surface area (Å²) in [6, 6.07) is 18.6. The molecule has 0 atom stereocenters. The van der Waals surface area contributed by atoms with Crippen LogP contribution in [0.15, 0.2) is 67.0 Å². The third kappa shape index (κ3) is 4.85. The summed E-state index contributed by atoms with van der Waals surface area (Å²) in [5.41, 5.74) is 3.24. The minimum atomic E-state index is -0.516. The molecule has 3 aromatic rings. The summed E-state index contributed by atoms with van der Waals surface area (Å²) in [7, 11) is 0. The Labute approximate surface area is 169 Å². The fourth-order valence-electron chi connectivity index (χ4n) is 3.37. The molecule has 0 saturated carbocycles. The van der Waals surface area contributed by atoms with E-state index in [4.69, 9.17) is 0 Å². The predicted octanol–water partition coefficient (Wildman–Crippen LogP) is 3.45. The van der Waals surface area contributed by atoms with Gasteiger partial charge < -0.3 is 10.2 Å². The van der Waals surface area contributed by atoms with Crippen molar-refractivity contribution in [3.8, 4) is 0 Å². The average molecular weight is 390 g/mol. The van der Waals surface area contributed by atoms with Crippen molar-refractivity contribution in [2.24, 2.45) is 0 Å². The molecule has 2 aromatic carbocycles. The lowest BCUT2D eigenvalue weighted by atomic mass is 10.2. The standard InChI is InChI=1S/C21H22N6O2/c28-27(29)20-14-22-21(23-15-20)24-18-6-8-19(9-7-18)26-12-10-25(11-13-26)16-17-4-2-1-3-5-17/h1-9,14-15H,10-13,16H2,(H,22,23,24). The minimum Gasteiger partial charge on any atom is -0.369 e. The van der Waals surface area contributed by atoms with Gasteiger partial charge in [-0.15, -0.1) is 0 Å². The molecule has 0 radical (unpaired) electrons. The van der Waals surface area contributed by atoms with Gasteiger partial charge in [0.1, 0.15) is 12.4 Å². The number of nitrogens with one attached hydrogen (secondary N) is 1. The van der Waals surface area contributed by atoms with E-state index in [1.807, 2.05) is 18.2 Å². The van der Waals surface area contributed by atoms with Gasteiger partial charge in [-0.2, -0.15) is 0 Å². The largest absolute Gasteiger partial charge is 0.369 e. The molecule has 1 fully saturated rings. The maximum Gasteiger partial charge on any atom is 0.305 e. The van der Waals surface area contributed by atoms with Crippen LogP contribution in [-0.2, 0) is 6.54 Å². The number of nitrogens with zero attached hydrogens (tertiary/aromatic N) is 5. The Balaban J connectivity index is 1.31. The second-order valence-corrected chi connectivity index (χ2v) is 6.94. The van der Waals surface area contributed by atoms with Gasteiger partial charge in [-0.1, -0.05) is 30.3 Å². The Morgan fingerprint density at radius 1 is 0.931 bits per heavy atom. The molecule has 8 nitrogen and oxygen atoms in total. The first-order chi connectivity index (χ1) is 14.2. The van der Waals surface area contributed by atoms with Crippen molar-refractivity contribution in [2.75, 3.05) is 36.4 Å². The molecule has 4 rings (SSSR count). The van der Waals surface area contributed by atoms with Crippen LogP contribution < -0.4 is 10.2 Å². The second-order valence-electron chi connectivity index (χ2n) is 6.94. The normalized spacial score (nSPS) is 14.6. The number of anilines is 3. The van der Waals surface area contributed by atoms with E-state index in [1.54, 1.807) is 0 Å². The van der Waals surface area contributed by atoms with Crippen LogP contribution in [0.25, 0.3) is 0 Å². The molecule has 8 heteroatoms. The number of hydrogen-bond acceptors (Lipinski definition) is 7. The number of benzene rings is 2. The van der Waals surface area contributed by atoms with Gasteiger partial charge in [-0.25, -0.2) is 9.97 Å². The zero-order valence-electron chi connectivity index (χ0n) is 15.9. The Kier molecular flexibility index (Phi) is 5.62. The Hall–Kier alpha value is -3.52. The summed E-state index contributed by atoms with van der Waals surface area (Å²) in [5, 5.41) is 13.7. The smallest absolute Gasteiger partial charge is 0.305 e. The van der Waals surface area contributed by atoms with Gasteiger partial charge in [0.05, 0.1) is 4.92 Å². The Morgan fingerprint density at radius 2 is 1.59 bits per heavy atom. The van der Waals surface area contributed by atoms with Gasteiger partial charge in [-0.3, -0.25) is 15.0 Å². The van der Waals surface area contributed by atoms with Crippen LogP contribution in [0.3, 0.4) is 0 Å². The fourth-order valence-corrected chi connectivity index (χ4v) is 3.37. The van der Waals surface area contributed by atoms with E-state index in [0.29, 0.717) is 5.95 Å². The van der Waals surface area contributed by atoms with Crippen LogP contribution in [0.2, 0.25) is 0 Å². The van der Waals surface area contributed by atoms with Gasteiger partial charge >= 0.3 is 5.69 Å². The summed E-state index contributed by atoms with van der Waals surface area (Å²) in [6.45, 7) is 5.04. The lowest BCUT2D eigenvalue weighted by molar-refractivity contribution is -0.385. The highest BCUT2D eigenvalue weighted by molar-refractivity contribution is 5.59. The molecule has 2 heterocycles. The SMILES string of the molecule is O=[N+]([O-])c1cnc(Nc2ccc(N3CCN(Cc4ccccc4)CC3)cc2)nc1. The quantitative estimate of drug-likeness (QED) is 0.509. The summed E-state index contributed by atoms with van der Waals surface area (Å²) >= 11 is 0. The molecule has 0 spiro atoms. The van der Waals surface area contributed by atoms with E-state index < -0.39 is 4.92 Å². The van der Waals surface area contributed by atoms with Gasteiger partial charge in [0.15, 0.2) is 0 Å². The highest BCUT2D eigenvalue weighted by Gasteiger charge is 2.17. The van der Waals surface area contributed by atoms with Crippen LogP contribution in [-0.4, -0.2) is 46.0 Å². The number of rotatable bonds is 6. The van der Waals surface area contributed by atoms with Gasteiger partial charge in [-0.05, 0) is 29.8 Å². The molecule has 1 aromatic heterocycles. The van der Waals surface area contributed by atoms with Crippen molar-refractivity contribution in [1.29, 1.82) is 0 Å². The van der Waals surface area contributed by atoms with Gasteiger partial charge in [0.25, 0.3) is 0 Å². The van der Waals surface area contributed by atoms with Crippen LogP contribution >= 0.6 is 0 Å². The molecule has 1 aliphatic rings. The number of aromatic nitrogens is 2. The average Bonchev–Trinajstić information content (AvgIpc) is 2.76. The maximum absolute atomic E-state index is 10.7. The summed E-state index contributed by atoms with van der Waals surface area (Å²) < 4.78 is 0. The molecule has 0 unspecified atom stereocenters. The van der Waals surface area contributed by atoms with Crippen molar-refractivity contribution < 1.29 is 4.92 Å². The Bertz CT molecular complexity index is 939. The van der Waals surface area contributed by atoms with Crippen molar-refractivity contribution in [3.63, 3.8) is 0 Å². The highest BCUT2D eigenvalue weighted by atomic mass is 16.6. The van der Waals surface area contributed by atoms with E-state index >= 15 is 0 Å². The zero-order valence-corrected chi connectivity index (χ0v) is 15.9. The first-order valence-corrected chi connectivity index (χ1v) is 9.52. The van der Waals surface area contributed by atoms with Crippen molar-refractivity contribution in [1.82, 2.24) is 14.9 Å². The first kappa shape index (κ1) is 18.8. The van der Waals surface area contributed by atoms with Crippen molar-refractivity contribution >= 4 is 23.0 Å². The molecular formula is C21H22N6O2. The van der Waals surface area contributed by atoms with Crippen molar-refractivity contribution in [2.45, 2.75) is 6.54 Å². The molecule has 0 bridgehead atoms. The zero-order chi connectivity index (χ0) is 20.1. The van der Waals surface area contributed by atoms with E-state index in [1.165, 1.54) is 23.6 Å². The number of hydrogen-bond donors (Lipinski definition) is 1. The van der Waals surface area contributed by atoms with Gasteiger partial charge in [0.2, 0.25) is 5.95 Å². The maximum atomic E-state index is 10.7. The van der Waals surface area contributed by atoms with Gasteiger partial charge in [0, 0.05) is 44.1 Å². The second kappa shape index (κ2) is 8.66. The molecule has 0 aliphatic carbocycles. The van der Waals surface area contributed by atoms with E-state index in [0.717, 1.165) is 38.4 Å². The van der Waals surface area contributed by atoms with Crippen molar-refractivity contribution in [3.05, 3.63) is 82.7 Å². The van der Waals surface area contributed by atoms with Crippen LogP contribution in [0.1, 0.15) is 5.56 Å². The summed E-state index contributed by atoms with van der Waals surface area (Å²) in [4.78, 5) is 23.0. The fraction of sp³-hybridized carbons (Fsp3) is 0.238. The van der Waals surface area contributed by atoms with E-state index in [9.17, 15) is 10.1 Å². The van der Waals surface area contributed by atoms with E-state index in [2.05, 4.69) is 61.5 Å². The van der Waals surface area contributed by atoms with Crippen LogP contribution in [0, 0.1) is 10.1 Å². The molecular weight excluding hydrogens is 368 g/mol. The molecule has 29 heavy (non-hydrogen) atoms. The lowest BCUT2D eigenvalue weighted by Crippen LogP contribution is -2.45. The minimum absolute atomic E-state index is 0.127. The third-order valence-corrected chi connectivity index (χ3v) is 4.96. The summed E-state index contributed by atoms with van der Waals surface area (Å²) in [6.07, 6.45) is 2.39. The van der Waals surface area contributed by atoms with Crippen LogP contribution in [0.4, 0.5) is 23.0 Å². The molecule has 1 N–H and O–H groups in total. The van der Waals surface area contributed by atoms with Crippen LogP contribution in [0.5, 0.6) is 0 Å². The monoisotopic (exact) mass is 390 g/mol. The molecule has 1 aliphatic heterocycles. The third-order valence-electron chi connectivity index (χ3n) is 4.96. The predicted molar refractivity (Wildman–Crippen MR) is 112 cm³/mol. The molecule has 0 amide bonds. The molecule has 148 valence electrons. The number of piperazine rings is 1. The first-order valence-electron chi connectivity index (χ1n) is 9.52. The highest BCUT2D eigenvalue weighted by Crippen LogP contribution is 2.22.